The molecule has 0 radical (unpaired) electrons. The Morgan fingerprint density at radius 1 is 1.05 bits per heavy atom. The summed E-state index contributed by atoms with van der Waals surface area (Å²) in [6, 6.07) is 9.10. The lowest BCUT2D eigenvalue weighted by molar-refractivity contribution is -0.169. The minimum absolute atomic E-state index is 0.149. The molecule has 0 spiro atoms. The van der Waals surface area contributed by atoms with Gasteiger partial charge in [-0.15, -0.1) is 0 Å². The van der Waals surface area contributed by atoms with E-state index in [1.54, 1.807) is 6.92 Å². The zero-order chi connectivity index (χ0) is 28.4. The van der Waals surface area contributed by atoms with Crippen LogP contribution in [0.5, 0.6) is 0 Å². The molecule has 39 heavy (non-hydrogen) atoms. The maximum absolute atomic E-state index is 14.2. The van der Waals surface area contributed by atoms with Crippen LogP contribution in [0.3, 0.4) is 0 Å². The normalized spacial score (nSPS) is 22.4. The predicted molar refractivity (Wildman–Crippen MR) is 151 cm³/mol. The van der Waals surface area contributed by atoms with E-state index < -0.39 is 37.5 Å². The Balaban J connectivity index is 1.73. The van der Waals surface area contributed by atoms with Gasteiger partial charge in [0, 0.05) is 25.0 Å². The van der Waals surface area contributed by atoms with Crippen LogP contribution >= 0.6 is 7.37 Å². The van der Waals surface area contributed by atoms with Crippen LogP contribution in [0.4, 0.5) is 0 Å². The van der Waals surface area contributed by atoms with E-state index in [1.807, 2.05) is 44.2 Å². The topological polar surface area (TPSA) is 110 Å². The SMILES string of the molecule is CCC(=O)O[C@H](O[P@](=O)(CCCCc1ccccc1)CC(=O)N1C[C@@H](C2CCCCC2)C[C@H]1C(=O)O)C(C)C. The zero-order valence-electron chi connectivity index (χ0n) is 23.8. The highest BCUT2D eigenvalue weighted by Crippen LogP contribution is 2.51. The largest absolute Gasteiger partial charge is 0.480 e. The molecule has 1 aromatic rings. The van der Waals surface area contributed by atoms with Gasteiger partial charge in [0.05, 0.1) is 0 Å². The Hall–Kier alpha value is -2.18. The van der Waals surface area contributed by atoms with Crippen LogP contribution in [0.25, 0.3) is 0 Å². The molecule has 1 saturated carbocycles. The maximum Gasteiger partial charge on any atom is 0.326 e. The Bertz CT molecular complexity index is 992. The van der Waals surface area contributed by atoms with Crippen LogP contribution in [0.1, 0.15) is 84.1 Å². The Kier molecular flexibility index (Phi) is 12.1. The predicted octanol–water partition coefficient (Wildman–Crippen LogP) is 6.12. The molecular weight excluding hydrogens is 517 g/mol. The third-order valence-corrected chi connectivity index (χ3v) is 10.4. The number of likely N-dealkylation sites (tertiary alicyclic amines) is 1. The van der Waals surface area contributed by atoms with Gasteiger partial charge in [0.2, 0.25) is 19.6 Å². The van der Waals surface area contributed by atoms with Crippen molar-refractivity contribution in [2.75, 3.05) is 18.9 Å². The van der Waals surface area contributed by atoms with Crippen molar-refractivity contribution in [2.24, 2.45) is 17.8 Å². The number of hydrogen-bond donors (Lipinski definition) is 1. The summed E-state index contributed by atoms with van der Waals surface area (Å²) in [6.45, 7) is 5.68. The summed E-state index contributed by atoms with van der Waals surface area (Å²) < 4.78 is 25.7. The number of benzene rings is 1. The minimum Gasteiger partial charge on any atom is -0.480 e. The van der Waals surface area contributed by atoms with Gasteiger partial charge in [0.25, 0.3) is 0 Å². The molecule has 9 heteroatoms. The standard InChI is InChI=1S/C30H46NO7P/c1-4-28(33)37-30(22(2)3)38-39(36,18-12-11-15-23-13-7-5-8-14-23)21-27(32)31-20-25(19-26(31)29(34)35)24-16-9-6-10-17-24/h5,7-8,13-14,22,24-26,30H,4,6,9-12,15-21H2,1-3H3,(H,34,35)/t25-,26-,30+,39+/m0/s1. The van der Waals surface area contributed by atoms with Crippen molar-refractivity contribution in [3.05, 3.63) is 35.9 Å². The van der Waals surface area contributed by atoms with Crippen molar-refractivity contribution in [1.82, 2.24) is 4.90 Å². The molecule has 8 nitrogen and oxygen atoms in total. The summed E-state index contributed by atoms with van der Waals surface area (Å²) in [4.78, 5) is 39.2. The fraction of sp³-hybridized carbons (Fsp3) is 0.700. The maximum atomic E-state index is 14.2. The van der Waals surface area contributed by atoms with Crippen molar-refractivity contribution >= 4 is 25.2 Å². The molecule has 0 bridgehead atoms. The fourth-order valence-corrected chi connectivity index (χ4v) is 8.10. The monoisotopic (exact) mass is 563 g/mol. The average molecular weight is 564 g/mol. The molecule has 1 saturated heterocycles. The third-order valence-electron chi connectivity index (χ3n) is 8.07. The number of carbonyl (C=O) groups is 3. The van der Waals surface area contributed by atoms with Crippen LogP contribution in [-0.2, 0) is 34.6 Å². The van der Waals surface area contributed by atoms with Gasteiger partial charge in [-0.3, -0.25) is 18.7 Å². The number of carboxylic acids is 1. The highest BCUT2D eigenvalue weighted by atomic mass is 31.2. The first kappa shape index (κ1) is 31.3. The van der Waals surface area contributed by atoms with Crippen molar-refractivity contribution in [1.29, 1.82) is 0 Å². The van der Waals surface area contributed by atoms with Gasteiger partial charge >= 0.3 is 11.9 Å². The van der Waals surface area contributed by atoms with E-state index in [2.05, 4.69) is 0 Å². The number of amides is 1. The number of rotatable bonds is 14. The Morgan fingerprint density at radius 3 is 2.36 bits per heavy atom. The number of carbonyl (C=O) groups excluding carboxylic acids is 2. The van der Waals surface area contributed by atoms with Crippen molar-refractivity contribution < 1.29 is 33.3 Å². The number of unbranched alkanes of at least 4 members (excludes halogenated alkanes) is 1. The summed E-state index contributed by atoms with van der Waals surface area (Å²) in [5.41, 5.74) is 1.18. The summed E-state index contributed by atoms with van der Waals surface area (Å²) in [6.07, 6.45) is 7.12. The second-order valence-electron chi connectivity index (χ2n) is 11.5. The molecule has 1 amide bonds. The highest BCUT2D eigenvalue weighted by molar-refractivity contribution is 7.59. The van der Waals surface area contributed by atoms with Crippen LogP contribution in [0, 0.1) is 17.8 Å². The van der Waals surface area contributed by atoms with Gasteiger partial charge in [0.1, 0.15) is 12.2 Å². The van der Waals surface area contributed by atoms with Crippen LogP contribution < -0.4 is 0 Å². The van der Waals surface area contributed by atoms with Crippen LogP contribution in [-0.4, -0.2) is 59.1 Å². The third kappa shape index (κ3) is 9.46. The summed E-state index contributed by atoms with van der Waals surface area (Å²) in [5, 5.41) is 9.92. The van der Waals surface area contributed by atoms with E-state index in [-0.39, 0.29) is 30.6 Å². The molecule has 3 rings (SSSR count). The molecular formula is C30H46NO7P. The zero-order valence-corrected chi connectivity index (χ0v) is 24.7. The molecule has 218 valence electrons. The molecule has 1 aromatic carbocycles. The molecule has 1 N–H and O–H groups in total. The van der Waals surface area contributed by atoms with Gasteiger partial charge < -0.3 is 14.7 Å². The Morgan fingerprint density at radius 2 is 1.74 bits per heavy atom. The first-order valence-corrected chi connectivity index (χ1v) is 16.6. The number of hydrogen-bond acceptors (Lipinski definition) is 6. The van der Waals surface area contributed by atoms with Gasteiger partial charge in [-0.25, -0.2) is 4.79 Å². The van der Waals surface area contributed by atoms with E-state index in [4.69, 9.17) is 9.26 Å². The fourth-order valence-electron chi connectivity index (χ4n) is 5.80. The first-order chi connectivity index (χ1) is 18.6. The van der Waals surface area contributed by atoms with Gasteiger partial charge in [-0.2, -0.15) is 0 Å². The summed E-state index contributed by atoms with van der Waals surface area (Å²) in [5.74, 6) is -1.61. The smallest absolute Gasteiger partial charge is 0.326 e. The van der Waals surface area contributed by atoms with Crippen molar-refractivity contribution in [3.8, 4) is 0 Å². The second-order valence-corrected chi connectivity index (χ2v) is 14.1. The highest BCUT2D eigenvalue weighted by Gasteiger charge is 2.44. The molecule has 0 unspecified atom stereocenters. The molecule has 1 heterocycles. The van der Waals surface area contributed by atoms with Gasteiger partial charge in [-0.05, 0) is 43.1 Å². The molecule has 0 aromatic heterocycles. The average Bonchev–Trinajstić information content (AvgIpc) is 3.38. The van der Waals surface area contributed by atoms with Crippen LogP contribution in [0.2, 0.25) is 0 Å². The summed E-state index contributed by atoms with van der Waals surface area (Å²) in [7, 11) is -3.60. The van der Waals surface area contributed by atoms with Crippen molar-refractivity contribution in [2.45, 2.75) is 97.3 Å². The molecule has 1 aliphatic carbocycles. The molecule has 1 aliphatic heterocycles. The number of ether oxygens (including phenoxy) is 1. The summed E-state index contributed by atoms with van der Waals surface area (Å²) >= 11 is 0. The van der Waals surface area contributed by atoms with Gasteiger partial charge in [-0.1, -0.05) is 83.2 Å². The lowest BCUT2D eigenvalue weighted by atomic mass is 9.79. The van der Waals surface area contributed by atoms with Crippen molar-refractivity contribution in [3.63, 3.8) is 0 Å². The first-order valence-electron chi connectivity index (χ1n) is 14.6. The molecule has 2 aliphatic rings. The van der Waals surface area contributed by atoms with E-state index >= 15 is 0 Å². The molecule has 2 fully saturated rings. The number of aliphatic carboxylic acids is 1. The van der Waals surface area contributed by atoms with E-state index in [0.29, 0.717) is 25.3 Å². The number of esters is 1. The number of nitrogens with zero attached hydrogens (tertiary/aromatic N) is 1. The minimum atomic E-state index is -3.60. The number of aryl methyl sites for hydroxylation is 1. The number of carboxylic acid groups (broad SMARTS) is 1. The molecule has 4 atom stereocenters. The van der Waals surface area contributed by atoms with Gasteiger partial charge in [0.15, 0.2) is 0 Å². The van der Waals surface area contributed by atoms with E-state index in [0.717, 1.165) is 38.5 Å². The van der Waals surface area contributed by atoms with E-state index in [1.165, 1.54) is 16.9 Å². The lowest BCUT2D eigenvalue weighted by Gasteiger charge is -2.30. The second kappa shape index (κ2) is 15.0. The Labute approximate surface area is 233 Å². The van der Waals surface area contributed by atoms with E-state index in [9.17, 15) is 24.1 Å². The van der Waals surface area contributed by atoms with Crippen LogP contribution in [0.15, 0.2) is 30.3 Å². The quantitative estimate of drug-likeness (QED) is 0.126. The lowest BCUT2D eigenvalue weighted by Crippen LogP contribution is -2.42.